The lowest BCUT2D eigenvalue weighted by molar-refractivity contribution is -0.0547. The predicted molar refractivity (Wildman–Crippen MR) is 89.6 cm³/mol. The van der Waals surface area contributed by atoms with E-state index in [9.17, 15) is 5.11 Å². The molecule has 0 bridgehead atoms. The van der Waals surface area contributed by atoms with Crippen LogP contribution in [0.4, 0.5) is 0 Å². The van der Waals surface area contributed by atoms with Crippen LogP contribution >= 0.6 is 0 Å². The van der Waals surface area contributed by atoms with Gasteiger partial charge in [0.05, 0.1) is 5.60 Å². The summed E-state index contributed by atoms with van der Waals surface area (Å²) in [6, 6.07) is 15.3. The molecule has 2 atom stereocenters. The first-order valence-corrected chi connectivity index (χ1v) is 7.91. The summed E-state index contributed by atoms with van der Waals surface area (Å²) in [6.45, 7) is 8.86. The summed E-state index contributed by atoms with van der Waals surface area (Å²) in [6.07, 6.45) is 2.83. The Labute approximate surface area is 128 Å². The monoisotopic (exact) mass is 282 g/mol. The van der Waals surface area contributed by atoms with E-state index >= 15 is 0 Å². The van der Waals surface area contributed by atoms with Crippen LogP contribution in [0.1, 0.15) is 52.5 Å². The van der Waals surface area contributed by atoms with E-state index in [-0.39, 0.29) is 10.8 Å². The van der Waals surface area contributed by atoms with Gasteiger partial charge in [0.15, 0.2) is 0 Å². The molecule has 1 fully saturated rings. The lowest BCUT2D eigenvalue weighted by Gasteiger charge is -2.50. The summed E-state index contributed by atoms with van der Waals surface area (Å²) in [5.41, 5.74) is 0.980. The van der Waals surface area contributed by atoms with E-state index in [0.717, 1.165) is 19.3 Å². The number of hydrogen-bond donors (Lipinski definition) is 1. The summed E-state index contributed by atoms with van der Waals surface area (Å²) in [5, 5.41) is 13.3. The van der Waals surface area contributed by atoms with Gasteiger partial charge in [0.25, 0.3) is 0 Å². The fraction of sp³-hybridized carbons (Fsp3) is 0.500. The van der Waals surface area contributed by atoms with Crippen molar-refractivity contribution in [2.45, 2.75) is 58.0 Å². The number of benzene rings is 2. The van der Waals surface area contributed by atoms with Gasteiger partial charge < -0.3 is 5.11 Å². The van der Waals surface area contributed by atoms with Crippen LogP contribution in [0.3, 0.4) is 0 Å². The molecule has 1 nitrogen and oxygen atoms in total. The van der Waals surface area contributed by atoms with Crippen molar-refractivity contribution < 1.29 is 5.11 Å². The Morgan fingerprint density at radius 2 is 1.48 bits per heavy atom. The number of aliphatic hydroxyl groups is 1. The highest BCUT2D eigenvalue weighted by molar-refractivity contribution is 5.83. The maximum absolute atomic E-state index is 10.7. The molecule has 1 heteroatoms. The molecule has 2 aromatic carbocycles. The van der Waals surface area contributed by atoms with E-state index < -0.39 is 5.60 Å². The lowest BCUT2D eigenvalue weighted by Crippen LogP contribution is -2.47. The van der Waals surface area contributed by atoms with Gasteiger partial charge in [-0.15, -0.1) is 0 Å². The van der Waals surface area contributed by atoms with Crippen molar-refractivity contribution in [3.8, 4) is 0 Å². The molecule has 2 unspecified atom stereocenters. The molecule has 0 radical (unpaired) electrons. The second-order valence-corrected chi connectivity index (χ2v) is 8.31. The first-order chi connectivity index (χ1) is 9.69. The Hall–Kier alpha value is -1.34. The third-order valence-corrected chi connectivity index (χ3v) is 4.95. The Bertz CT molecular complexity index is 650. The highest BCUT2D eigenvalue weighted by atomic mass is 16.3. The van der Waals surface area contributed by atoms with Gasteiger partial charge in [0.1, 0.15) is 0 Å². The standard InChI is InChI=1S/C20H26O/c1-18(2)12-19(3,14-20(4,21)13-18)17-10-9-15-7-5-6-8-16(15)11-17/h5-11,21H,12-14H2,1-4H3. The highest BCUT2D eigenvalue weighted by Gasteiger charge is 2.46. The van der Waals surface area contributed by atoms with Crippen molar-refractivity contribution in [2.24, 2.45) is 5.41 Å². The van der Waals surface area contributed by atoms with Gasteiger partial charge in [0.2, 0.25) is 0 Å². The zero-order valence-corrected chi connectivity index (χ0v) is 13.6. The first-order valence-electron chi connectivity index (χ1n) is 7.91. The summed E-state index contributed by atoms with van der Waals surface area (Å²) in [4.78, 5) is 0. The van der Waals surface area contributed by atoms with Crippen molar-refractivity contribution in [2.75, 3.05) is 0 Å². The van der Waals surface area contributed by atoms with Crippen molar-refractivity contribution in [3.63, 3.8) is 0 Å². The zero-order valence-electron chi connectivity index (χ0n) is 13.6. The molecule has 0 saturated heterocycles. The zero-order chi connectivity index (χ0) is 15.3. The Kier molecular flexibility index (Phi) is 3.18. The number of fused-ring (bicyclic) bond motifs is 1. The topological polar surface area (TPSA) is 20.2 Å². The third kappa shape index (κ3) is 2.85. The van der Waals surface area contributed by atoms with Gasteiger partial charge >= 0.3 is 0 Å². The van der Waals surface area contributed by atoms with Crippen LogP contribution in [-0.2, 0) is 5.41 Å². The molecule has 21 heavy (non-hydrogen) atoms. The lowest BCUT2D eigenvalue weighted by atomic mass is 9.57. The predicted octanol–water partition coefficient (Wildman–Crippen LogP) is 5.06. The Balaban J connectivity index is 2.07. The van der Waals surface area contributed by atoms with E-state index in [1.54, 1.807) is 0 Å². The van der Waals surface area contributed by atoms with Crippen LogP contribution < -0.4 is 0 Å². The summed E-state index contributed by atoms with van der Waals surface area (Å²) in [5.74, 6) is 0. The molecular weight excluding hydrogens is 256 g/mol. The Morgan fingerprint density at radius 1 is 0.810 bits per heavy atom. The molecule has 0 spiro atoms. The Morgan fingerprint density at radius 3 is 2.14 bits per heavy atom. The molecule has 112 valence electrons. The minimum Gasteiger partial charge on any atom is -0.390 e. The number of rotatable bonds is 1. The minimum absolute atomic E-state index is 0.0370. The van der Waals surface area contributed by atoms with Gasteiger partial charge in [-0.05, 0) is 53.4 Å². The molecule has 1 aliphatic carbocycles. The molecule has 0 aliphatic heterocycles. The maximum Gasteiger partial charge on any atom is 0.0633 e. The van der Waals surface area contributed by atoms with Crippen LogP contribution in [0, 0.1) is 5.41 Å². The smallest absolute Gasteiger partial charge is 0.0633 e. The van der Waals surface area contributed by atoms with Crippen LogP contribution in [0.25, 0.3) is 10.8 Å². The van der Waals surface area contributed by atoms with E-state index in [4.69, 9.17) is 0 Å². The third-order valence-electron chi connectivity index (χ3n) is 4.95. The van der Waals surface area contributed by atoms with Gasteiger partial charge in [-0.25, -0.2) is 0 Å². The van der Waals surface area contributed by atoms with E-state index in [0.29, 0.717) is 0 Å². The molecular formula is C20H26O. The molecule has 0 aromatic heterocycles. The van der Waals surface area contributed by atoms with E-state index in [2.05, 4.69) is 63.2 Å². The molecule has 0 amide bonds. The van der Waals surface area contributed by atoms with Crippen LogP contribution in [0.2, 0.25) is 0 Å². The summed E-state index contributed by atoms with van der Waals surface area (Å²) in [7, 11) is 0. The van der Waals surface area contributed by atoms with Gasteiger partial charge in [0, 0.05) is 0 Å². The van der Waals surface area contributed by atoms with Crippen molar-refractivity contribution >= 4 is 10.8 Å². The number of hydrogen-bond acceptors (Lipinski definition) is 1. The van der Waals surface area contributed by atoms with Crippen molar-refractivity contribution in [3.05, 3.63) is 48.0 Å². The van der Waals surface area contributed by atoms with Crippen LogP contribution in [-0.4, -0.2) is 10.7 Å². The average molecular weight is 282 g/mol. The first kappa shape index (κ1) is 14.6. The van der Waals surface area contributed by atoms with Crippen LogP contribution in [0.5, 0.6) is 0 Å². The van der Waals surface area contributed by atoms with E-state index in [1.165, 1.54) is 16.3 Å². The van der Waals surface area contributed by atoms with Crippen molar-refractivity contribution in [1.82, 2.24) is 0 Å². The molecule has 0 heterocycles. The quantitative estimate of drug-likeness (QED) is 0.775. The summed E-state index contributed by atoms with van der Waals surface area (Å²) < 4.78 is 0. The summed E-state index contributed by atoms with van der Waals surface area (Å²) >= 11 is 0. The minimum atomic E-state index is -0.581. The molecule has 3 rings (SSSR count). The van der Waals surface area contributed by atoms with Crippen LogP contribution in [0.15, 0.2) is 42.5 Å². The maximum atomic E-state index is 10.7. The van der Waals surface area contributed by atoms with Crippen molar-refractivity contribution in [1.29, 1.82) is 0 Å². The fourth-order valence-electron chi connectivity index (χ4n) is 4.88. The van der Waals surface area contributed by atoms with E-state index in [1.807, 2.05) is 6.92 Å². The molecule has 1 N–H and O–H groups in total. The van der Waals surface area contributed by atoms with Gasteiger partial charge in [-0.3, -0.25) is 0 Å². The average Bonchev–Trinajstić information content (AvgIpc) is 2.34. The highest BCUT2D eigenvalue weighted by Crippen LogP contribution is 2.51. The fourth-order valence-corrected chi connectivity index (χ4v) is 4.88. The second-order valence-electron chi connectivity index (χ2n) is 8.31. The largest absolute Gasteiger partial charge is 0.390 e. The molecule has 1 saturated carbocycles. The SMILES string of the molecule is CC1(C)CC(C)(O)CC(C)(c2ccc3ccccc3c2)C1. The van der Waals surface area contributed by atoms with Gasteiger partial charge in [-0.1, -0.05) is 63.2 Å². The molecule has 2 aromatic rings. The van der Waals surface area contributed by atoms with Gasteiger partial charge in [-0.2, -0.15) is 0 Å². The second kappa shape index (κ2) is 4.58. The molecule has 1 aliphatic rings. The normalized spacial score (nSPS) is 32.2.